The molecule has 1 amide bonds. The van der Waals surface area contributed by atoms with Gasteiger partial charge in [-0.25, -0.2) is 9.97 Å². The second kappa shape index (κ2) is 8.05. The topological polar surface area (TPSA) is 54.9 Å². The second-order valence-corrected chi connectivity index (χ2v) is 6.49. The number of nitrogens with zero attached hydrogens (tertiary/aromatic N) is 2. The number of amides is 1. The minimum absolute atomic E-state index is 0.318. The minimum Gasteiger partial charge on any atom is -0.322 e. The van der Waals surface area contributed by atoms with Crippen LogP contribution in [0.4, 0.5) is 14.5 Å². The average Bonchev–Trinajstić information content (AvgIpc) is 2.61. The number of aryl methyl sites for hydroxylation is 1. The van der Waals surface area contributed by atoms with Crippen molar-refractivity contribution in [2.75, 3.05) is 5.32 Å². The zero-order valence-electron chi connectivity index (χ0n) is 13.8. The van der Waals surface area contributed by atoms with E-state index in [0.717, 1.165) is 11.3 Å². The van der Waals surface area contributed by atoms with Gasteiger partial charge in [-0.05, 0) is 43.3 Å². The lowest BCUT2D eigenvalue weighted by Crippen LogP contribution is -2.11. The number of rotatable bonds is 5. The summed E-state index contributed by atoms with van der Waals surface area (Å²) in [5.41, 5.74) is 2.51. The summed E-state index contributed by atoms with van der Waals surface area (Å²) in [6.45, 7) is 1.81. The molecule has 0 unspecified atom stereocenters. The monoisotopic (exact) mass is 371 g/mol. The first-order valence-corrected chi connectivity index (χ1v) is 8.65. The molecule has 0 saturated heterocycles. The third kappa shape index (κ3) is 4.64. The number of aromatic nitrogens is 2. The van der Waals surface area contributed by atoms with E-state index in [9.17, 15) is 13.6 Å². The van der Waals surface area contributed by atoms with Crippen molar-refractivity contribution in [3.63, 3.8) is 0 Å². The molecule has 26 heavy (non-hydrogen) atoms. The summed E-state index contributed by atoms with van der Waals surface area (Å²) in [4.78, 5) is 21.2. The van der Waals surface area contributed by atoms with Crippen LogP contribution in [0.3, 0.4) is 0 Å². The van der Waals surface area contributed by atoms with Crippen molar-refractivity contribution in [3.8, 4) is 11.3 Å². The quantitative estimate of drug-likeness (QED) is 0.640. The highest BCUT2D eigenvalue weighted by Crippen LogP contribution is 2.26. The first-order chi connectivity index (χ1) is 12.5. The lowest BCUT2D eigenvalue weighted by atomic mass is 10.1. The van der Waals surface area contributed by atoms with Crippen LogP contribution in [0.25, 0.3) is 11.3 Å². The van der Waals surface area contributed by atoms with E-state index in [0.29, 0.717) is 33.7 Å². The molecule has 0 atom stereocenters. The molecule has 3 aromatic rings. The summed E-state index contributed by atoms with van der Waals surface area (Å²) in [5.74, 6) is -2.23. The molecule has 4 nitrogen and oxygen atoms in total. The number of nitrogens with one attached hydrogen (secondary N) is 1. The lowest BCUT2D eigenvalue weighted by Gasteiger charge is -2.09. The number of thioether (sulfide) groups is 1. The molecule has 0 fully saturated rings. The van der Waals surface area contributed by atoms with E-state index in [-0.39, 0.29) is 5.91 Å². The van der Waals surface area contributed by atoms with Crippen molar-refractivity contribution >= 4 is 23.4 Å². The van der Waals surface area contributed by atoms with Gasteiger partial charge in [0.2, 0.25) is 0 Å². The molecule has 132 valence electrons. The van der Waals surface area contributed by atoms with Crippen LogP contribution in [0.5, 0.6) is 0 Å². The molecule has 2 aromatic carbocycles. The summed E-state index contributed by atoms with van der Waals surface area (Å²) < 4.78 is 25.0. The van der Waals surface area contributed by atoms with Crippen LogP contribution in [-0.4, -0.2) is 21.6 Å². The van der Waals surface area contributed by atoms with E-state index in [1.165, 1.54) is 6.07 Å². The summed E-state index contributed by atoms with van der Waals surface area (Å²) >= 11 is 0.410. The molecule has 3 rings (SSSR count). The molecular weight excluding hydrogens is 356 g/mol. The summed E-state index contributed by atoms with van der Waals surface area (Å²) in [5, 5.41) is 2.78. The number of alkyl halides is 2. The molecule has 0 aliphatic rings. The van der Waals surface area contributed by atoms with E-state index in [1.807, 2.05) is 12.1 Å². The van der Waals surface area contributed by atoms with Crippen LogP contribution in [-0.2, 0) is 0 Å². The van der Waals surface area contributed by atoms with Crippen molar-refractivity contribution in [3.05, 3.63) is 72.2 Å². The Bertz CT molecular complexity index is 934. The van der Waals surface area contributed by atoms with Gasteiger partial charge in [-0.15, -0.1) is 0 Å². The van der Waals surface area contributed by atoms with E-state index >= 15 is 0 Å². The maximum atomic E-state index is 12.5. The first-order valence-electron chi connectivity index (χ1n) is 7.77. The van der Waals surface area contributed by atoms with Gasteiger partial charge >= 0.3 is 0 Å². The largest absolute Gasteiger partial charge is 0.322 e. The summed E-state index contributed by atoms with van der Waals surface area (Å²) in [6, 6.07) is 15.2. The van der Waals surface area contributed by atoms with Crippen molar-refractivity contribution in [1.82, 2.24) is 9.97 Å². The van der Waals surface area contributed by atoms with Crippen molar-refractivity contribution < 1.29 is 13.6 Å². The number of halogens is 2. The number of anilines is 1. The van der Waals surface area contributed by atoms with Gasteiger partial charge in [0, 0.05) is 27.9 Å². The number of hydrogen-bond donors (Lipinski definition) is 1. The first kappa shape index (κ1) is 18.0. The number of carbonyl (C=O) groups excluding carboxylic acids is 1. The van der Waals surface area contributed by atoms with Crippen molar-refractivity contribution in [1.29, 1.82) is 0 Å². The maximum absolute atomic E-state index is 12.5. The fourth-order valence-corrected chi connectivity index (χ4v) is 2.95. The molecule has 7 heteroatoms. The molecule has 0 radical (unpaired) electrons. The molecule has 1 aromatic heterocycles. The molecule has 0 aliphatic carbocycles. The van der Waals surface area contributed by atoms with Gasteiger partial charge in [-0.3, -0.25) is 4.79 Å². The van der Waals surface area contributed by atoms with E-state index in [1.54, 1.807) is 49.5 Å². The van der Waals surface area contributed by atoms with Gasteiger partial charge in [-0.2, -0.15) is 8.78 Å². The zero-order valence-corrected chi connectivity index (χ0v) is 14.6. The Labute approximate surface area is 153 Å². The molecular formula is C19H15F2N3OS. The molecule has 0 saturated carbocycles. The zero-order chi connectivity index (χ0) is 18.5. The smallest absolute Gasteiger partial charge is 0.288 e. The molecule has 0 spiro atoms. The lowest BCUT2D eigenvalue weighted by molar-refractivity contribution is 0.102. The fraction of sp³-hybridized carbons (Fsp3) is 0.105. The van der Waals surface area contributed by atoms with E-state index in [2.05, 4.69) is 15.3 Å². The molecule has 1 heterocycles. The number of benzene rings is 2. The highest BCUT2D eigenvalue weighted by atomic mass is 32.2. The number of hydrogen-bond acceptors (Lipinski definition) is 4. The van der Waals surface area contributed by atoms with Gasteiger partial charge in [0.05, 0.1) is 5.69 Å². The SMILES string of the molecule is Cc1nccc(-c2cccc(NC(=O)c3cccc(SC(F)F)c3)c2)n1. The third-order valence-corrected chi connectivity index (χ3v) is 4.22. The fourth-order valence-electron chi connectivity index (χ4n) is 2.39. The third-order valence-electron chi connectivity index (χ3n) is 3.51. The normalized spacial score (nSPS) is 10.8. The van der Waals surface area contributed by atoms with Crippen LogP contribution in [0.15, 0.2) is 65.7 Å². The van der Waals surface area contributed by atoms with Gasteiger partial charge in [0.15, 0.2) is 0 Å². The Balaban J connectivity index is 1.79. The van der Waals surface area contributed by atoms with Gasteiger partial charge in [0.1, 0.15) is 5.82 Å². The van der Waals surface area contributed by atoms with Crippen LogP contribution in [0, 0.1) is 6.92 Å². The van der Waals surface area contributed by atoms with Gasteiger partial charge in [-0.1, -0.05) is 30.0 Å². The standard InChI is InChI=1S/C19H15F2N3OS/c1-12-22-9-8-17(23-12)13-4-2-6-15(10-13)24-18(25)14-5-3-7-16(11-14)26-19(20)21/h2-11,19H,1H3,(H,24,25). The predicted molar refractivity (Wildman–Crippen MR) is 98.5 cm³/mol. The maximum Gasteiger partial charge on any atom is 0.288 e. The Hall–Kier alpha value is -2.80. The summed E-state index contributed by atoms with van der Waals surface area (Å²) in [6.07, 6.45) is 1.68. The molecule has 1 N–H and O–H groups in total. The van der Waals surface area contributed by atoms with Crippen LogP contribution in [0.2, 0.25) is 0 Å². The van der Waals surface area contributed by atoms with Gasteiger partial charge in [0.25, 0.3) is 11.7 Å². The highest BCUT2D eigenvalue weighted by molar-refractivity contribution is 7.99. The second-order valence-electron chi connectivity index (χ2n) is 5.43. The Kier molecular flexibility index (Phi) is 5.58. The van der Waals surface area contributed by atoms with Crippen LogP contribution >= 0.6 is 11.8 Å². The van der Waals surface area contributed by atoms with Crippen LogP contribution < -0.4 is 5.32 Å². The van der Waals surface area contributed by atoms with Gasteiger partial charge < -0.3 is 5.32 Å². The Morgan fingerprint density at radius 3 is 2.69 bits per heavy atom. The minimum atomic E-state index is -2.53. The molecule has 0 aliphatic heterocycles. The average molecular weight is 371 g/mol. The van der Waals surface area contributed by atoms with Crippen LogP contribution in [0.1, 0.15) is 16.2 Å². The van der Waals surface area contributed by atoms with Crippen molar-refractivity contribution in [2.24, 2.45) is 0 Å². The van der Waals surface area contributed by atoms with Crippen molar-refractivity contribution in [2.45, 2.75) is 17.6 Å². The predicted octanol–water partition coefficient (Wildman–Crippen LogP) is 5.02. The highest BCUT2D eigenvalue weighted by Gasteiger charge is 2.11. The number of carbonyl (C=O) groups is 1. The Morgan fingerprint density at radius 2 is 1.92 bits per heavy atom. The summed E-state index contributed by atoms with van der Waals surface area (Å²) in [7, 11) is 0. The Morgan fingerprint density at radius 1 is 1.12 bits per heavy atom. The molecule has 0 bridgehead atoms. The van der Waals surface area contributed by atoms with E-state index < -0.39 is 5.76 Å². The van der Waals surface area contributed by atoms with E-state index in [4.69, 9.17) is 0 Å².